The molecule has 160 valence electrons. The summed E-state index contributed by atoms with van der Waals surface area (Å²) >= 11 is 0. The van der Waals surface area contributed by atoms with Crippen LogP contribution in [0.1, 0.15) is 51.2 Å². The van der Waals surface area contributed by atoms with Gasteiger partial charge in [-0.2, -0.15) is 0 Å². The number of rotatable bonds is 8. The number of amides is 1. The molecule has 0 bridgehead atoms. The Balaban J connectivity index is 1.57. The van der Waals surface area contributed by atoms with Crippen LogP contribution in [0.4, 0.5) is 0 Å². The van der Waals surface area contributed by atoms with Crippen LogP contribution in [-0.4, -0.2) is 53.3 Å². The molecule has 0 saturated carbocycles. The molecule has 1 atom stereocenters. The van der Waals surface area contributed by atoms with Gasteiger partial charge < -0.3 is 23.8 Å². The van der Waals surface area contributed by atoms with Crippen molar-refractivity contribution in [1.82, 2.24) is 9.88 Å². The molecule has 0 radical (unpaired) electrons. The molecule has 0 aliphatic carbocycles. The van der Waals surface area contributed by atoms with Crippen LogP contribution >= 0.6 is 0 Å². The molecule has 30 heavy (non-hydrogen) atoms. The summed E-state index contributed by atoms with van der Waals surface area (Å²) in [5.74, 6) is -1.76. The van der Waals surface area contributed by atoms with E-state index in [2.05, 4.69) is 4.98 Å². The summed E-state index contributed by atoms with van der Waals surface area (Å²) in [6.07, 6.45) is 1.55. The van der Waals surface area contributed by atoms with E-state index in [9.17, 15) is 19.2 Å². The highest BCUT2D eigenvalue weighted by Crippen LogP contribution is 2.23. The number of ketones is 1. The van der Waals surface area contributed by atoms with Crippen molar-refractivity contribution in [2.24, 2.45) is 5.92 Å². The Labute approximate surface area is 173 Å². The Hall–Kier alpha value is -3.36. The quantitative estimate of drug-likeness (QED) is 0.517. The molecule has 9 heteroatoms. The van der Waals surface area contributed by atoms with Gasteiger partial charge in [0.15, 0.2) is 6.61 Å². The molecule has 3 heterocycles. The lowest BCUT2D eigenvalue weighted by Crippen LogP contribution is -2.27. The van der Waals surface area contributed by atoms with E-state index in [-0.39, 0.29) is 37.7 Å². The number of likely N-dealkylation sites (tertiary alicyclic amines) is 1. The third-order valence-electron chi connectivity index (χ3n) is 5.02. The van der Waals surface area contributed by atoms with Crippen LogP contribution in [0.25, 0.3) is 0 Å². The van der Waals surface area contributed by atoms with Gasteiger partial charge in [-0.05, 0) is 38.5 Å². The fraction of sp³-hybridized carbons (Fsp3) is 0.429. The third-order valence-corrected chi connectivity index (χ3v) is 5.02. The predicted octanol–water partition coefficient (Wildman–Crippen LogP) is 2.18. The molecule has 1 fully saturated rings. The first-order valence-corrected chi connectivity index (χ1v) is 9.68. The van der Waals surface area contributed by atoms with Crippen molar-refractivity contribution in [3.05, 3.63) is 46.7 Å². The van der Waals surface area contributed by atoms with E-state index in [1.807, 2.05) is 0 Å². The van der Waals surface area contributed by atoms with Gasteiger partial charge in [0.25, 0.3) is 0 Å². The number of carbonyl (C=O) groups is 4. The number of nitrogens with zero attached hydrogens (tertiary/aromatic N) is 1. The number of hydrogen-bond donors (Lipinski definition) is 1. The van der Waals surface area contributed by atoms with Crippen LogP contribution in [0.15, 0.2) is 22.8 Å². The van der Waals surface area contributed by atoms with Gasteiger partial charge in [-0.1, -0.05) is 0 Å². The second-order valence-electron chi connectivity index (χ2n) is 7.13. The van der Waals surface area contributed by atoms with Gasteiger partial charge in [-0.15, -0.1) is 0 Å². The molecule has 1 saturated heterocycles. The van der Waals surface area contributed by atoms with Crippen LogP contribution in [0.2, 0.25) is 0 Å². The van der Waals surface area contributed by atoms with Crippen molar-refractivity contribution in [2.45, 2.75) is 33.7 Å². The molecule has 1 aliphatic rings. The number of esters is 2. The molecule has 0 spiro atoms. The molecule has 2 aromatic heterocycles. The van der Waals surface area contributed by atoms with Crippen LogP contribution in [0, 0.1) is 19.8 Å². The molecule has 0 aromatic carbocycles. The van der Waals surface area contributed by atoms with Crippen molar-refractivity contribution < 1.29 is 33.1 Å². The second-order valence-corrected chi connectivity index (χ2v) is 7.13. The largest absolute Gasteiger partial charge is 0.467 e. The molecule has 0 unspecified atom stereocenters. The first kappa shape index (κ1) is 21.4. The number of aryl methyl sites for hydroxylation is 1. The summed E-state index contributed by atoms with van der Waals surface area (Å²) < 4.78 is 15.4. The second kappa shape index (κ2) is 8.98. The minimum absolute atomic E-state index is 0.0291. The Bertz CT molecular complexity index is 958. The topological polar surface area (TPSA) is 119 Å². The lowest BCUT2D eigenvalue weighted by Gasteiger charge is -2.14. The number of aromatic nitrogens is 1. The zero-order valence-electron chi connectivity index (χ0n) is 17.1. The smallest absolute Gasteiger partial charge is 0.340 e. The fourth-order valence-electron chi connectivity index (χ4n) is 3.54. The molecular weight excluding hydrogens is 392 g/mol. The Kier molecular flexibility index (Phi) is 6.39. The molecule has 2 aromatic rings. The molecule has 9 nitrogen and oxygen atoms in total. The Morgan fingerprint density at radius 2 is 2.03 bits per heavy atom. The van der Waals surface area contributed by atoms with Crippen molar-refractivity contribution in [2.75, 3.05) is 19.8 Å². The van der Waals surface area contributed by atoms with Gasteiger partial charge in [0, 0.05) is 18.7 Å². The highest BCUT2D eigenvalue weighted by molar-refractivity contribution is 6.02. The number of aromatic amines is 1. The monoisotopic (exact) mass is 416 g/mol. The number of hydrogen-bond acceptors (Lipinski definition) is 7. The van der Waals surface area contributed by atoms with E-state index < -0.39 is 30.2 Å². The number of Topliss-reactive ketones (excluding diaryl/α,β-unsaturated/α-hetero) is 1. The normalized spacial score (nSPS) is 16.0. The van der Waals surface area contributed by atoms with E-state index in [0.29, 0.717) is 22.6 Å². The SMILES string of the molecule is CCOC(=O)c1c(C)[nH]c(C(=O)COC(=O)[C@H]2CC(=O)N(Cc3ccco3)C2)c1C. The van der Waals surface area contributed by atoms with Gasteiger partial charge in [0.05, 0.1) is 36.6 Å². The molecule has 1 aliphatic heterocycles. The standard InChI is InChI=1S/C21H24N2O7/c1-4-28-21(27)18-12(2)19(22-13(18)3)16(24)11-30-20(26)14-8-17(25)23(9-14)10-15-6-5-7-29-15/h5-7,14,22H,4,8-11H2,1-3H3/t14-/m0/s1. The third kappa shape index (κ3) is 4.45. The van der Waals surface area contributed by atoms with Crippen LogP contribution < -0.4 is 0 Å². The lowest BCUT2D eigenvalue weighted by molar-refractivity contribution is -0.147. The number of H-pyrrole nitrogens is 1. The van der Waals surface area contributed by atoms with Gasteiger partial charge in [-0.3, -0.25) is 14.4 Å². The van der Waals surface area contributed by atoms with Crippen LogP contribution in [0.3, 0.4) is 0 Å². The molecule has 3 rings (SSSR count). The van der Waals surface area contributed by atoms with E-state index in [1.165, 1.54) is 11.2 Å². The van der Waals surface area contributed by atoms with Crippen LogP contribution in [-0.2, 0) is 25.6 Å². The highest BCUT2D eigenvalue weighted by Gasteiger charge is 2.36. The number of furan rings is 1. The molecular formula is C21H24N2O7. The number of carbonyl (C=O) groups excluding carboxylic acids is 4. The summed E-state index contributed by atoms with van der Waals surface area (Å²) in [5.41, 5.74) is 1.47. The van der Waals surface area contributed by atoms with E-state index >= 15 is 0 Å². The van der Waals surface area contributed by atoms with Crippen LogP contribution in [0.5, 0.6) is 0 Å². The molecule has 1 amide bonds. The summed E-state index contributed by atoms with van der Waals surface area (Å²) in [4.78, 5) is 53.5. The van der Waals surface area contributed by atoms with Gasteiger partial charge in [0.2, 0.25) is 11.7 Å². The van der Waals surface area contributed by atoms with Gasteiger partial charge in [-0.25, -0.2) is 4.79 Å². The fourth-order valence-corrected chi connectivity index (χ4v) is 3.54. The number of nitrogens with one attached hydrogen (secondary N) is 1. The first-order chi connectivity index (χ1) is 14.3. The summed E-state index contributed by atoms with van der Waals surface area (Å²) in [5, 5.41) is 0. The first-order valence-electron chi connectivity index (χ1n) is 9.68. The average Bonchev–Trinajstić information content (AvgIpc) is 3.41. The van der Waals surface area contributed by atoms with E-state index in [4.69, 9.17) is 13.9 Å². The van der Waals surface area contributed by atoms with Gasteiger partial charge in [0.1, 0.15) is 5.76 Å². The van der Waals surface area contributed by atoms with Gasteiger partial charge >= 0.3 is 11.9 Å². The highest BCUT2D eigenvalue weighted by atomic mass is 16.5. The van der Waals surface area contributed by atoms with Crippen molar-refractivity contribution in [3.63, 3.8) is 0 Å². The maximum atomic E-state index is 12.5. The average molecular weight is 416 g/mol. The Morgan fingerprint density at radius 3 is 2.70 bits per heavy atom. The zero-order chi connectivity index (χ0) is 21.8. The van der Waals surface area contributed by atoms with E-state index in [0.717, 1.165) is 0 Å². The number of ether oxygens (including phenoxy) is 2. The zero-order valence-corrected chi connectivity index (χ0v) is 17.1. The summed E-state index contributed by atoms with van der Waals surface area (Å²) in [7, 11) is 0. The molecule has 1 N–H and O–H groups in total. The minimum Gasteiger partial charge on any atom is -0.467 e. The van der Waals surface area contributed by atoms with Crippen molar-refractivity contribution in [1.29, 1.82) is 0 Å². The lowest BCUT2D eigenvalue weighted by atomic mass is 10.1. The summed E-state index contributed by atoms with van der Waals surface area (Å²) in [6, 6.07) is 3.48. The van der Waals surface area contributed by atoms with Crippen molar-refractivity contribution >= 4 is 23.6 Å². The van der Waals surface area contributed by atoms with Crippen molar-refractivity contribution in [3.8, 4) is 0 Å². The van der Waals surface area contributed by atoms with E-state index in [1.54, 1.807) is 32.9 Å². The predicted molar refractivity (Wildman–Crippen MR) is 104 cm³/mol. The maximum Gasteiger partial charge on any atom is 0.340 e. The minimum atomic E-state index is -0.637. The maximum absolute atomic E-state index is 12.5. The Morgan fingerprint density at radius 1 is 1.27 bits per heavy atom. The summed E-state index contributed by atoms with van der Waals surface area (Å²) in [6.45, 7) is 5.23.